The van der Waals surface area contributed by atoms with Crippen molar-refractivity contribution in [2.75, 3.05) is 6.54 Å². The molecule has 1 aromatic rings. The Labute approximate surface area is 89.5 Å². The number of benzene rings is 1. The molecule has 1 unspecified atom stereocenters. The molecule has 0 aromatic heterocycles. The lowest BCUT2D eigenvalue weighted by molar-refractivity contribution is 0.492. The standard InChI is InChI=1S/C12H17F2N/c1-3-9(2)7-15-8-10-4-5-11(13)12(14)6-10/h4-6,9,15H,3,7-8H2,1-2H3. The van der Waals surface area contributed by atoms with Crippen LogP contribution in [-0.4, -0.2) is 6.54 Å². The first kappa shape index (κ1) is 12.1. The molecule has 0 aliphatic rings. The minimum atomic E-state index is -0.791. The van der Waals surface area contributed by atoms with E-state index in [2.05, 4.69) is 19.2 Å². The quantitative estimate of drug-likeness (QED) is 0.792. The summed E-state index contributed by atoms with van der Waals surface area (Å²) in [4.78, 5) is 0. The molecule has 84 valence electrons. The summed E-state index contributed by atoms with van der Waals surface area (Å²) >= 11 is 0. The van der Waals surface area contributed by atoms with Crippen molar-refractivity contribution < 1.29 is 8.78 Å². The molecule has 0 bridgehead atoms. The minimum Gasteiger partial charge on any atom is -0.312 e. The van der Waals surface area contributed by atoms with Gasteiger partial charge in [-0.1, -0.05) is 26.3 Å². The summed E-state index contributed by atoms with van der Waals surface area (Å²) in [5.41, 5.74) is 0.775. The van der Waals surface area contributed by atoms with Crippen LogP contribution in [-0.2, 0) is 6.54 Å². The lowest BCUT2D eigenvalue weighted by atomic mass is 10.1. The Morgan fingerprint density at radius 2 is 2.00 bits per heavy atom. The molecule has 0 radical (unpaired) electrons. The van der Waals surface area contributed by atoms with Gasteiger partial charge in [-0.15, -0.1) is 0 Å². The Morgan fingerprint density at radius 3 is 2.60 bits per heavy atom. The molecule has 1 rings (SSSR count). The molecule has 3 heteroatoms. The Kier molecular flexibility index (Phi) is 4.69. The van der Waals surface area contributed by atoms with Crippen LogP contribution in [0.2, 0.25) is 0 Å². The van der Waals surface area contributed by atoms with Crippen LogP contribution >= 0.6 is 0 Å². The normalized spacial score (nSPS) is 12.8. The molecule has 0 heterocycles. The summed E-state index contributed by atoms with van der Waals surface area (Å²) in [6, 6.07) is 4.00. The summed E-state index contributed by atoms with van der Waals surface area (Å²) in [6.45, 7) is 5.76. The molecule has 15 heavy (non-hydrogen) atoms. The summed E-state index contributed by atoms with van der Waals surface area (Å²) in [5.74, 6) is -0.964. The van der Waals surface area contributed by atoms with Gasteiger partial charge in [0.15, 0.2) is 11.6 Å². The maximum Gasteiger partial charge on any atom is 0.159 e. The zero-order chi connectivity index (χ0) is 11.3. The van der Waals surface area contributed by atoms with Crippen LogP contribution < -0.4 is 5.32 Å². The second kappa shape index (κ2) is 5.81. The summed E-state index contributed by atoms with van der Waals surface area (Å²) in [6.07, 6.45) is 1.12. The Balaban J connectivity index is 2.41. The van der Waals surface area contributed by atoms with Gasteiger partial charge in [-0.2, -0.15) is 0 Å². The molecular formula is C12H17F2N. The Morgan fingerprint density at radius 1 is 1.27 bits per heavy atom. The zero-order valence-electron chi connectivity index (χ0n) is 9.19. The van der Waals surface area contributed by atoms with Crippen LogP contribution in [0.1, 0.15) is 25.8 Å². The van der Waals surface area contributed by atoms with Crippen molar-refractivity contribution >= 4 is 0 Å². The summed E-state index contributed by atoms with van der Waals surface area (Å²) in [7, 11) is 0. The van der Waals surface area contributed by atoms with Crippen LogP contribution in [0.3, 0.4) is 0 Å². The summed E-state index contributed by atoms with van der Waals surface area (Å²) < 4.78 is 25.4. The lowest BCUT2D eigenvalue weighted by Crippen LogP contribution is -2.20. The molecule has 0 spiro atoms. The zero-order valence-corrected chi connectivity index (χ0v) is 9.19. The molecule has 0 saturated heterocycles. The van der Waals surface area contributed by atoms with Gasteiger partial charge in [-0.3, -0.25) is 0 Å². The first-order valence-corrected chi connectivity index (χ1v) is 5.28. The molecule has 0 fully saturated rings. The van der Waals surface area contributed by atoms with Crippen LogP contribution in [0.25, 0.3) is 0 Å². The van der Waals surface area contributed by atoms with Crippen LogP contribution in [0.5, 0.6) is 0 Å². The van der Waals surface area contributed by atoms with Crippen molar-refractivity contribution in [3.05, 3.63) is 35.4 Å². The van der Waals surface area contributed by atoms with Crippen molar-refractivity contribution in [2.24, 2.45) is 5.92 Å². The van der Waals surface area contributed by atoms with E-state index < -0.39 is 11.6 Å². The third-order valence-corrected chi connectivity index (χ3v) is 2.50. The number of hydrogen-bond donors (Lipinski definition) is 1. The predicted molar refractivity (Wildman–Crippen MR) is 57.5 cm³/mol. The van der Waals surface area contributed by atoms with Gasteiger partial charge in [0.2, 0.25) is 0 Å². The molecule has 1 N–H and O–H groups in total. The maximum absolute atomic E-state index is 12.8. The van der Waals surface area contributed by atoms with Gasteiger partial charge in [0.1, 0.15) is 0 Å². The van der Waals surface area contributed by atoms with E-state index in [1.54, 1.807) is 6.07 Å². The van der Waals surface area contributed by atoms with E-state index in [4.69, 9.17) is 0 Å². The third-order valence-electron chi connectivity index (χ3n) is 2.50. The van der Waals surface area contributed by atoms with E-state index in [1.165, 1.54) is 6.07 Å². The van der Waals surface area contributed by atoms with Crippen LogP contribution in [0.4, 0.5) is 8.78 Å². The average Bonchev–Trinajstić information content (AvgIpc) is 2.23. The van der Waals surface area contributed by atoms with E-state index >= 15 is 0 Å². The van der Waals surface area contributed by atoms with E-state index in [0.29, 0.717) is 12.5 Å². The van der Waals surface area contributed by atoms with E-state index in [9.17, 15) is 8.78 Å². The first-order valence-electron chi connectivity index (χ1n) is 5.28. The summed E-state index contributed by atoms with van der Waals surface area (Å²) in [5, 5.41) is 3.21. The minimum absolute atomic E-state index is 0.585. The molecule has 0 aliphatic heterocycles. The van der Waals surface area contributed by atoms with Gasteiger partial charge >= 0.3 is 0 Å². The van der Waals surface area contributed by atoms with Gasteiger partial charge in [0.25, 0.3) is 0 Å². The first-order chi connectivity index (χ1) is 7.13. The highest BCUT2D eigenvalue weighted by atomic mass is 19.2. The van der Waals surface area contributed by atoms with Gasteiger partial charge in [0.05, 0.1) is 0 Å². The molecule has 0 aliphatic carbocycles. The maximum atomic E-state index is 12.8. The second-order valence-electron chi connectivity index (χ2n) is 3.89. The molecular weight excluding hydrogens is 196 g/mol. The SMILES string of the molecule is CCC(C)CNCc1ccc(F)c(F)c1. The molecule has 0 amide bonds. The molecule has 1 aromatic carbocycles. The predicted octanol–water partition coefficient (Wildman–Crippen LogP) is 3.10. The monoisotopic (exact) mass is 213 g/mol. The highest BCUT2D eigenvalue weighted by molar-refractivity contribution is 5.17. The van der Waals surface area contributed by atoms with Crippen molar-refractivity contribution in [3.8, 4) is 0 Å². The fourth-order valence-corrected chi connectivity index (χ4v) is 1.26. The topological polar surface area (TPSA) is 12.0 Å². The Hall–Kier alpha value is -0.960. The third kappa shape index (κ3) is 3.96. The van der Waals surface area contributed by atoms with Gasteiger partial charge in [-0.25, -0.2) is 8.78 Å². The number of hydrogen-bond acceptors (Lipinski definition) is 1. The van der Waals surface area contributed by atoms with Gasteiger partial charge < -0.3 is 5.32 Å². The number of halogens is 2. The van der Waals surface area contributed by atoms with E-state index in [0.717, 1.165) is 24.6 Å². The molecule has 1 nitrogen and oxygen atoms in total. The van der Waals surface area contributed by atoms with Crippen LogP contribution in [0.15, 0.2) is 18.2 Å². The van der Waals surface area contributed by atoms with Crippen LogP contribution in [0, 0.1) is 17.6 Å². The van der Waals surface area contributed by atoms with Gasteiger partial charge in [0, 0.05) is 6.54 Å². The smallest absolute Gasteiger partial charge is 0.159 e. The number of rotatable bonds is 5. The lowest BCUT2D eigenvalue weighted by Gasteiger charge is -2.10. The molecule has 0 saturated carbocycles. The largest absolute Gasteiger partial charge is 0.312 e. The highest BCUT2D eigenvalue weighted by Crippen LogP contribution is 2.08. The second-order valence-corrected chi connectivity index (χ2v) is 3.89. The fraction of sp³-hybridized carbons (Fsp3) is 0.500. The van der Waals surface area contributed by atoms with Crippen molar-refractivity contribution in [3.63, 3.8) is 0 Å². The van der Waals surface area contributed by atoms with Crippen molar-refractivity contribution in [2.45, 2.75) is 26.8 Å². The van der Waals surface area contributed by atoms with E-state index in [-0.39, 0.29) is 0 Å². The fourth-order valence-electron chi connectivity index (χ4n) is 1.26. The molecule has 1 atom stereocenters. The van der Waals surface area contributed by atoms with Crippen molar-refractivity contribution in [1.82, 2.24) is 5.32 Å². The Bertz CT molecular complexity index is 312. The average molecular weight is 213 g/mol. The number of nitrogens with one attached hydrogen (secondary N) is 1. The van der Waals surface area contributed by atoms with E-state index in [1.807, 2.05) is 0 Å². The highest BCUT2D eigenvalue weighted by Gasteiger charge is 2.02. The van der Waals surface area contributed by atoms with Gasteiger partial charge in [-0.05, 0) is 30.2 Å². The van der Waals surface area contributed by atoms with Crippen molar-refractivity contribution in [1.29, 1.82) is 0 Å².